The second kappa shape index (κ2) is 10.8. The van der Waals surface area contributed by atoms with E-state index in [-0.39, 0.29) is 17.8 Å². The van der Waals surface area contributed by atoms with Gasteiger partial charge in [-0.25, -0.2) is 4.79 Å². The molecule has 2 aromatic carbocycles. The summed E-state index contributed by atoms with van der Waals surface area (Å²) < 4.78 is 16.5. The van der Waals surface area contributed by atoms with Gasteiger partial charge in [0.2, 0.25) is 0 Å². The van der Waals surface area contributed by atoms with Gasteiger partial charge in [-0.2, -0.15) is 0 Å². The van der Waals surface area contributed by atoms with Gasteiger partial charge in [-0.15, -0.1) is 0 Å². The SMILES string of the molecule is CCOC(=O)CC1CCCN(C(=O)C(C)Oc2ccc3c(-c4ccccc4C)cc(=O)oc3c2)C1. The average molecular weight is 478 g/mol. The molecule has 0 spiro atoms. The van der Waals surface area contributed by atoms with Crippen molar-refractivity contribution in [2.24, 2.45) is 5.92 Å². The first-order valence-electron chi connectivity index (χ1n) is 12.1. The number of amides is 1. The molecule has 0 saturated carbocycles. The number of nitrogens with zero attached hydrogens (tertiary/aromatic N) is 1. The Morgan fingerprint density at radius 2 is 1.94 bits per heavy atom. The van der Waals surface area contributed by atoms with Crippen molar-refractivity contribution in [1.82, 2.24) is 4.90 Å². The van der Waals surface area contributed by atoms with Crippen LogP contribution in [0.1, 0.15) is 38.7 Å². The first kappa shape index (κ1) is 24.5. The Balaban J connectivity index is 1.49. The molecule has 1 amide bonds. The fourth-order valence-corrected chi connectivity index (χ4v) is 4.71. The Morgan fingerprint density at radius 3 is 2.71 bits per heavy atom. The van der Waals surface area contributed by atoms with Gasteiger partial charge in [0.1, 0.15) is 11.3 Å². The maximum absolute atomic E-state index is 13.1. The van der Waals surface area contributed by atoms with E-state index in [9.17, 15) is 14.4 Å². The van der Waals surface area contributed by atoms with E-state index in [0.717, 1.165) is 34.9 Å². The monoisotopic (exact) mass is 477 g/mol. The first-order valence-corrected chi connectivity index (χ1v) is 12.1. The fourth-order valence-electron chi connectivity index (χ4n) is 4.71. The van der Waals surface area contributed by atoms with E-state index in [2.05, 4.69) is 0 Å². The third-order valence-electron chi connectivity index (χ3n) is 6.40. The van der Waals surface area contributed by atoms with Crippen LogP contribution in [-0.4, -0.2) is 42.6 Å². The van der Waals surface area contributed by atoms with Crippen molar-refractivity contribution < 1.29 is 23.5 Å². The summed E-state index contributed by atoms with van der Waals surface area (Å²) in [5, 5.41) is 0.795. The van der Waals surface area contributed by atoms with Gasteiger partial charge in [0.05, 0.1) is 13.0 Å². The molecule has 0 radical (unpaired) electrons. The quantitative estimate of drug-likeness (QED) is 0.361. The van der Waals surface area contributed by atoms with Crippen LogP contribution >= 0.6 is 0 Å². The summed E-state index contributed by atoms with van der Waals surface area (Å²) in [4.78, 5) is 39.0. The summed E-state index contributed by atoms with van der Waals surface area (Å²) in [6.07, 6.45) is 1.33. The molecule has 184 valence electrons. The van der Waals surface area contributed by atoms with E-state index in [4.69, 9.17) is 13.9 Å². The summed E-state index contributed by atoms with van der Waals surface area (Å²) in [6.45, 7) is 7.00. The molecule has 1 fully saturated rings. The molecule has 7 heteroatoms. The van der Waals surface area contributed by atoms with Crippen molar-refractivity contribution in [3.05, 3.63) is 64.5 Å². The number of likely N-dealkylation sites (tertiary alicyclic amines) is 1. The number of piperidine rings is 1. The van der Waals surface area contributed by atoms with Crippen molar-refractivity contribution in [2.45, 2.75) is 46.1 Å². The molecule has 1 aliphatic rings. The van der Waals surface area contributed by atoms with Crippen molar-refractivity contribution in [1.29, 1.82) is 0 Å². The number of benzene rings is 2. The number of fused-ring (bicyclic) bond motifs is 1. The molecule has 0 bridgehead atoms. The van der Waals surface area contributed by atoms with E-state index in [1.807, 2.05) is 37.3 Å². The lowest BCUT2D eigenvalue weighted by molar-refractivity contribution is -0.147. The number of aryl methyl sites for hydroxylation is 1. The average Bonchev–Trinajstić information content (AvgIpc) is 2.83. The van der Waals surface area contributed by atoms with Gasteiger partial charge >= 0.3 is 11.6 Å². The Hall–Kier alpha value is -3.61. The standard InChI is InChI=1S/C28H31NO6/c1-4-33-26(30)14-20-9-7-13-29(17-20)28(32)19(3)34-21-11-12-23-24(16-27(31)35-25(23)15-21)22-10-6-5-8-18(22)2/h5-6,8,10-12,15-16,19-20H,4,7,9,13-14,17H2,1-3H3. The number of hydrogen-bond acceptors (Lipinski definition) is 6. The highest BCUT2D eigenvalue weighted by atomic mass is 16.5. The van der Waals surface area contributed by atoms with Gasteiger partial charge < -0.3 is 18.8 Å². The maximum Gasteiger partial charge on any atom is 0.336 e. The molecule has 0 N–H and O–H groups in total. The number of ether oxygens (including phenoxy) is 2. The fraction of sp³-hybridized carbons (Fsp3) is 0.393. The smallest absolute Gasteiger partial charge is 0.336 e. The second-order valence-electron chi connectivity index (χ2n) is 9.01. The van der Waals surface area contributed by atoms with Crippen LogP contribution in [-0.2, 0) is 14.3 Å². The molecule has 4 rings (SSSR count). The molecule has 1 saturated heterocycles. The highest BCUT2D eigenvalue weighted by Gasteiger charge is 2.29. The van der Waals surface area contributed by atoms with Crippen LogP contribution in [0, 0.1) is 12.8 Å². The number of hydrogen-bond donors (Lipinski definition) is 0. The van der Waals surface area contributed by atoms with Crippen LogP contribution in [0.4, 0.5) is 0 Å². The number of carbonyl (C=O) groups is 2. The van der Waals surface area contributed by atoms with Crippen LogP contribution in [0.5, 0.6) is 5.75 Å². The van der Waals surface area contributed by atoms with E-state index in [0.29, 0.717) is 37.4 Å². The van der Waals surface area contributed by atoms with Crippen molar-refractivity contribution in [3.8, 4) is 16.9 Å². The molecular weight excluding hydrogens is 446 g/mol. The van der Waals surface area contributed by atoms with Crippen LogP contribution in [0.2, 0.25) is 0 Å². The third-order valence-corrected chi connectivity index (χ3v) is 6.40. The summed E-state index contributed by atoms with van der Waals surface area (Å²) in [5.41, 5.74) is 2.77. The molecule has 2 unspecified atom stereocenters. The normalized spacial score (nSPS) is 16.7. The number of esters is 1. The minimum atomic E-state index is -0.722. The second-order valence-corrected chi connectivity index (χ2v) is 9.01. The summed E-state index contributed by atoms with van der Waals surface area (Å²) >= 11 is 0. The lowest BCUT2D eigenvalue weighted by Crippen LogP contribution is -2.46. The summed E-state index contributed by atoms with van der Waals surface area (Å²) in [6, 6.07) is 14.7. The molecule has 1 aromatic heterocycles. The van der Waals surface area contributed by atoms with E-state index < -0.39 is 11.7 Å². The zero-order valence-electron chi connectivity index (χ0n) is 20.4. The Morgan fingerprint density at radius 1 is 1.14 bits per heavy atom. The number of rotatable bonds is 7. The van der Waals surface area contributed by atoms with E-state index in [1.165, 1.54) is 6.07 Å². The van der Waals surface area contributed by atoms with Gasteiger partial charge in [-0.3, -0.25) is 9.59 Å². The van der Waals surface area contributed by atoms with Crippen LogP contribution in [0.25, 0.3) is 22.1 Å². The molecule has 0 aliphatic carbocycles. The zero-order chi connectivity index (χ0) is 24.9. The predicted octanol–water partition coefficient (Wildman–Crippen LogP) is 4.73. The Labute approximate surface area is 204 Å². The van der Waals surface area contributed by atoms with E-state index in [1.54, 1.807) is 30.9 Å². The van der Waals surface area contributed by atoms with Gasteiger partial charge in [-0.05, 0) is 62.8 Å². The van der Waals surface area contributed by atoms with Crippen molar-refractivity contribution >= 4 is 22.8 Å². The van der Waals surface area contributed by atoms with Crippen LogP contribution in [0.3, 0.4) is 0 Å². The lowest BCUT2D eigenvalue weighted by atomic mass is 9.94. The third kappa shape index (κ3) is 5.73. The minimum absolute atomic E-state index is 0.0914. The van der Waals surface area contributed by atoms with Gasteiger partial charge in [-0.1, -0.05) is 24.3 Å². The molecular formula is C28H31NO6. The largest absolute Gasteiger partial charge is 0.481 e. The van der Waals surface area contributed by atoms with Gasteiger partial charge in [0, 0.05) is 36.2 Å². The van der Waals surface area contributed by atoms with Gasteiger partial charge in [0.15, 0.2) is 6.10 Å². The lowest BCUT2D eigenvalue weighted by Gasteiger charge is -2.34. The molecule has 35 heavy (non-hydrogen) atoms. The zero-order valence-corrected chi connectivity index (χ0v) is 20.4. The summed E-state index contributed by atoms with van der Waals surface area (Å²) in [5.74, 6) is 0.185. The number of carbonyl (C=O) groups excluding carboxylic acids is 2. The summed E-state index contributed by atoms with van der Waals surface area (Å²) in [7, 11) is 0. The topological polar surface area (TPSA) is 86.0 Å². The van der Waals surface area contributed by atoms with Crippen LogP contribution < -0.4 is 10.4 Å². The molecule has 2 atom stereocenters. The van der Waals surface area contributed by atoms with Gasteiger partial charge in [0.25, 0.3) is 5.91 Å². The highest BCUT2D eigenvalue weighted by molar-refractivity contribution is 5.94. The predicted molar refractivity (Wildman–Crippen MR) is 133 cm³/mol. The molecule has 1 aliphatic heterocycles. The molecule has 3 aromatic rings. The maximum atomic E-state index is 13.1. The van der Waals surface area contributed by atoms with Crippen molar-refractivity contribution in [3.63, 3.8) is 0 Å². The van der Waals surface area contributed by atoms with Crippen molar-refractivity contribution in [2.75, 3.05) is 19.7 Å². The highest BCUT2D eigenvalue weighted by Crippen LogP contribution is 2.32. The first-order chi connectivity index (χ1) is 16.9. The molecule has 2 heterocycles. The minimum Gasteiger partial charge on any atom is -0.481 e. The van der Waals surface area contributed by atoms with E-state index >= 15 is 0 Å². The van der Waals surface area contributed by atoms with Crippen LogP contribution in [0.15, 0.2) is 57.7 Å². The Bertz CT molecular complexity index is 1280. The molecule has 7 nitrogen and oxygen atoms in total. The Kier molecular flexibility index (Phi) is 7.54.